The Hall–Kier alpha value is -1.77. The van der Waals surface area contributed by atoms with E-state index in [1.54, 1.807) is 0 Å². The second-order valence-electron chi connectivity index (χ2n) is 4.36. The molecule has 0 radical (unpaired) electrons. The number of nitrogens with two attached hydrogens (primary N) is 1. The van der Waals surface area contributed by atoms with Crippen molar-refractivity contribution in [1.29, 1.82) is 0 Å². The van der Waals surface area contributed by atoms with Gasteiger partial charge in [0.2, 0.25) is 0 Å². The summed E-state index contributed by atoms with van der Waals surface area (Å²) in [5, 5.41) is 6.36. The van der Waals surface area contributed by atoms with Crippen molar-refractivity contribution in [3.05, 3.63) is 6.20 Å². The van der Waals surface area contributed by atoms with Gasteiger partial charge in [0.05, 0.1) is 0 Å². The van der Waals surface area contributed by atoms with Gasteiger partial charge in [-0.3, -0.25) is 4.68 Å². The summed E-state index contributed by atoms with van der Waals surface area (Å²) in [5.74, 6) is -0.118. The van der Waals surface area contributed by atoms with Crippen LogP contribution in [0.15, 0.2) is 11.1 Å². The minimum Gasteiger partial charge on any atom is -0.381 e. The van der Waals surface area contributed by atoms with Gasteiger partial charge < -0.3 is 11.1 Å². The summed E-state index contributed by atoms with van der Waals surface area (Å²) in [6.07, 6.45) is 3.81. The Balaban J connectivity index is 2.75. The van der Waals surface area contributed by atoms with Crippen LogP contribution < -0.4 is 15.8 Å². The van der Waals surface area contributed by atoms with Gasteiger partial charge in [-0.05, 0) is 12.8 Å². The zero-order chi connectivity index (χ0) is 15.2. The number of hydrogen-bond donors (Lipinski definition) is 3. The molecule has 1 aromatic rings. The van der Waals surface area contributed by atoms with E-state index in [9.17, 15) is 13.2 Å². The van der Waals surface area contributed by atoms with Crippen molar-refractivity contribution in [2.45, 2.75) is 44.6 Å². The standard InChI is InChI=1S/C11H21N5O3S/c1-3-5-6-13-11(17)15-20(18,19)9-8-16(7-4-2)14-10(9)12/h8H,3-7H2,1-2H3,(H2,12,14)(H2,13,15,17). The summed E-state index contributed by atoms with van der Waals surface area (Å²) in [5.41, 5.74) is 5.57. The lowest BCUT2D eigenvalue weighted by molar-refractivity contribution is 0.245. The van der Waals surface area contributed by atoms with Crippen molar-refractivity contribution in [3.63, 3.8) is 0 Å². The van der Waals surface area contributed by atoms with Crippen molar-refractivity contribution in [3.8, 4) is 0 Å². The van der Waals surface area contributed by atoms with Crippen molar-refractivity contribution in [2.75, 3.05) is 12.3 Å². The number of aryl methyl sites for hydroxylation is 1. The summed E-state index contributed by atoms with van der Waals surface area (Å²) in [6, 6.07) is -0.763. The lowest BCUT2D eigenvalue weighted by Gasteiger charge is -2.07. The third-order valence-corrected chi connectivity index (χ3v) is 3.89. The Labute approximate surface area is 118 Å². The maximum atomic E-state index is 12.0. The predicted octanol–water partition coefficient (Wildman–Crippen LogP) is 0.663. The molecule has 0 aliphatic rings. The minimum atomic E-state index is -4.00. The molecule has 0 saturated heterocycles. The van der Waals surface area contributed by atoms with Gasteiger partial charge in [0.1, 0.15) is 4.90 Å². The van der Waals surface area contributed by atoms with Gasteiger partial charge in [0.25, 0.3) is 10.0 Å². The molecule has 0 atom stereocenters. The molecule has 20 heavy (non-hydrogen) atoms. The Morgan fingerprint density at radius 3 is 2.70 bits per heavy atom. The van der Waals surface area contributed by atoms with Crippen LogP contribution in [-0.2, 0) is 16.6 Å². The predicted molar refractivity (Wildman–Crippen MR) is 75.6 cm³/mol. The second-order valence-corrected chi connectivity index (χ2v) is 6.01. The number of nitrogen functional groups attached to an aromatic ring is 1. The van der Waals surface area contributed by atoms with E-state index in [1.807, 2.05) is 18.6 Å². The first-order valence-corrected chi connectivity index (χ1v) is 8.02. The highest BCUT2D eigenvalue weighted by molar-refractivity contribution is 7.90. The van der Waals surface area contributed by atoms with Crippen molar-refractivity contribution in [2.24, 2.45) is 0 Å². The Morgan fingerprint density at radius 2 is 2.10 bits per heavy atom. The third kappa shape index (κ3) is 4.41. The van der Waals surface area contributed by atoms with E-state index in [2.05, 4.69) is 10.4 Å². The number of unbranched alkanes of at least 4 members (excludes halogenated alkanes) is 1. The van der Waals surface area contributed by atoms with Gasteiger partial charge in [-0.25, -0.2) is 17.9 Å². The number of carbonyl (C=O) groups is 1. The number of anilines is 1. The quantitative estimate of drug-likeness (QED) is 0.639. The van der Waals surface area contributed by atoms with E-state index >= 15 is 0 Å². The number of nitrogens with one attached hydrogen (secondary N) is 2. The molecule has 114 valence electrons. The van der Waals surface area contributed by atoms with Gasteiger partial charge in [-0.15, -0.1) is 0 Å². The fourth-order valence-corrected chi connectivity index (χ4v) is 2.56. The van der Waals surface area contributed by atoms with Crippen LogP contribution in [0.4, 0.5) is 10.6 Å². The number of hydrogen-bond acceptors (Lipinski definition) is 5. The molecule has 0 aromatic carbocycles. The van der Waals surface area contributed by atoms with Gasteiger partial charge in [0, 0.05) is 19.3 Å². The first-order valence-electron chi connectivity index (χ1n) is 6.54. The number of aromatic nitrogens is 2. The molecular weight excluding hydrogens is 282 g/mol. The molecule has 0 saturated carbocycles. The van der Waals surface area contributed by atoms with Gasteiger partial charge in [-0.2, -0.15) is 5.10 Å². The van der Waals surface area contributed by atoms with E-state index < -0.39 is 16.1 Å². The highest BCUT2D eigenvalue weighted by Crippen LogP contribution is 2.15. The van der Waals surface area contributed by atoms with Crippen molar-refractivity contribution in [1.82, 2.24) is 19.8 Å². The summed E-state index contributed by atoms with van der Waals surface area (Å²) < 4.78 is 27.4. The number of amides is 2. The molecule has 2 amide bonds. The second kappa shape index (κ2) is 7.13. The molecule has 9 heteroatoms. The average Bonchev–Trinajstić information content (AvgIpc) is 2.71. The SMILES string of the molecule is CCCCNC(=O)NS(=O)(=O)c1cn(CCC)nc1N. The highest BCUT2D eigenvalue weighted by Gasteiger charge is 2.23. The molecule has 8 nitrogen and oxygen atoms in total. The van der Waals surface area contributed by atoms with Crippen LogP contribution in [0.5, 0.6) is 0 Å². The van der Waals surface area contributed by atoms with Crippen LogP contribution in [0, 0.1) is 0 Å². The Kier molecular flexibility index (Phi) is 5.81. The van der Waals surface area contributed by atoms with Crippen molar-refractivity contribution < 1.29 is 13.2 Å². The molecule has 0 bridgehead atoms. The fraction of sp³-hybridized carbons (Fsp3) is 0.636. The molecule has 0 aliphatic carbocycles. The third-order valence-electron chi connectivity index (χ3n) is 2.54. The van der Waals surface area contributed by atoms with Crippen LogP contribution in [0.2, 0.25) is 0 Å². The zero-order valence-electron chi connectivity index (χ0n) is 11.7. The molecule has 1 rings (SSSR count). The highest BCUT2D eigenvalue weighted by atomic mass is 32.2. The number of urea groups is 1. The lowest BCUT2D eigenvalue weighted by Crippen LogP contribution is -2.39. The van der Waals surface area contributed by atoms with E-state index in [4.69, 9.17) is 5.73 Å². The summed E-state index contributed by atoms with van der Waals surface area (Å²) in [7, 11) is -4.00. The average molecular weight is 303 g/mol. The number of rotatable bonds is 7. The molecule has 0 spiro atoms. The Morgan fingerprint density at radius 1 is 1.40 bits per heavy atom. The monoisotopic (exact) mass is 303 g/mol. The van der Waals surface area contributed by atoms with Crippen LogP contribution >= 0.6 is 0 Å². The van der Waals surface area contributed by atoms with Gasteiger partial charge in [0.15, 0.2) is 5.82 Å². The van der Waals surface area contributed by atoms with Crippen LogP contribution in [0.25, 0.3) is 0 Å². The van der Waals surface area contributed by atoms with E-state index in [0.717, 1.165) is 19.3 Å². The molecule has 0 fully saturated rings. The maximum Gasteiger partial charge on any atom is 0.328 e. The van der Waals surface area contributed by atoms with Gasteiger partial charge in [-0.1, -0.05) is 20.3 Å². The fourth-order valence-electron chi connectivity index (χ4n) is 1.56. The van der Waals surface area contributed by atoms with E-state index in [1.165, 1.54) is 10.9 Å². The van der Waals surface area contributed by atoms with E-state index in [-0.39, 0.29) is 10.7 Å². The Bertz CT molecular complexity index is 552. The van der Waals surface area contributed by atoms with Crippen LogP contribution in [0.3, 0.4) is 0 Å². The number of carbonyl (C=O) groups excluding carboxylic acids is 1. The normalized spacial score (nSPS) is 11.3. The topological polar surface area (TPSA) is 119 Å². The molecular formula is C11H21N5O3S. The van der Waals surface area contributed by atoms with Gasteiger partial charge >= 0.3 is 6.03 Å². The lowest BCUT2D eigenvalue weighted by atomic mass is 10.3. The summed E-state index contributed by atoms with van der Waals surface area (Å²) in [6.45, 7) is 4.88. The maximum absolute atomic E-state index is 12.0. The molecule has 4 N–H and O–H groups in total. The number of nitrogens with zero attached hydrogens (tertiary/aromatic N) is 2. The molecule has 1 heterocycles. The molecule has 0 unspecified atom stereocenters. The first kappa shape index (κ1) is 16.3. The smallest absolute Gasteiger partial charge is 0.328 e. The number of sulfonamides is 1. The molecule has 0 aliphatic heterocycles. The minimum absolute atomic E-state index is 0.118. The van der Waals surface area contributed by atoms with Crippen molar-refractivity contribution >= 4 is 21.9 Å². The summed E-state index contributed by atoms with van der Waals surface area (Å²) in [4.78, 5) is 11.3. The summed E-state index contributed by atoms with van der Waals surface area (Å²) >= 11 is 0. The van der Waals surface area contributed by atoms with Crippen LogP contribution in [0.1, 0.15) is 33.1 Å². The van der Waals surface area contributed by atoms with Crippen LogP contribution in [-0.4, -0.2) is 30.8 Å². The first-order chi connectivity index (χ1) is 9.40. The molecule has 1 aromatic heterocycles. The largest absolute Gasteiger partial charge is 0.381 e. The zero-order valence-corrected chi connectivity index (χ0v) is 12.5. The van der Waals surface area contributed by atoms with E-state index in [0.29, 0.717) is 13.1 Å².